The fourth-order valence-corrected chi connectivity index (χ4v) is 1.72. The van der Waals surface area contributed by atoms with Crippen LogP contribution < -0.4 is 5.32 Å². The fourth-order valence-electron chi connectivity index (χ4n) is 1.72. The number of aliphatic hydroxyl groups excluding tert-OH is 1. The van der Waals surface area contributed by atoms with Gasteiger partial charge in [-0.25, -0.2) is 0 Å². The second-order valence-electron chi connectivity index (χ2n) is 4.26. The smallest absolute Gasteiger partial charge is 0.237 e. The highest BCUT2D eigenvalue weighted by Gasteiger charge is 2.20. The van der Waals surface area contributed by atoms with Crippen molar-refractivity contribution in [2.75, 3.05) is 33.4 Å². The van der Waals surface area contributed by atoms with Crippen LogP contribution in [0.3, 0.4) is 0 Å². The van der Waals surface area contributed by atoms with Crippen molar-refractivity contribution in [1.29, 1.82) is 0 Å². The van der Waals surface area contributed by atoms with Crippen LogP contribution in [0.4, 0.5) is 0 Å². The van der Waals surface area contributed by atoms with Crippen LogP contribution in [0, 0.1) is 0 Å². The Bertz CT molecular complexity index is 217. The summed E-state index contributed by atoms with van der Waals surface area (Å²) in [4.78, 5) is 13.6. The van der Waals surface area contributed by atoms with Gasteiger partial charge < -0.3 is 15.2 Å². The monoisotopic (exact) mass is 230 g/mol. The average molecular weight is 230 g/mol. The van der Waals surface area contributed by atoms with Gasteiger partial charge in [-0.3, -0.25) is 9.69 Å². The number of ether oxygens (including phenoxy) is 1. The number of carbonyl (C=O) groups excluding carboxylic acids is 1. The van der Waals surface area contributed by atoms with Crippen molar-refractivity contribution in [2.24, 2.45) is 0 Å². The maximum atomic E-state index is 11.7. The Labute approximate surface area is 96.8 Å². The first-order valence-electron chi connectivity index (χ1n) is 5.85. The zero-order valence-electron chi connectivity index (χ0n) is 10.1. The SMILES string of the molecule is CC(C(=O)NCC1CCCO1)N(C)CCO. The van der Waals surface area contributed by atoms with Gasteiger partial charge in [0.25, 0.3) is 0 Å². The number of nitrogens with zero attached hydrogens (tertiary/aromatic N) is 1. The summed E-state index contributed by atoms with van der Waals surface area (Å²) >= 11 is 0. The molecular formula is C11H22N2O3. The Kier molecular flexibility index (Phi) is 5.73. The van der Waals surface area contributed by atoms with E-state index in [0.29, 0.717) is 13.1 Å². The molecule has 94 valence electrons. The van der Waals surface area contributed by atoms with Crippen LogP contribution in [0.1, 0.15) is 19.8 Å². The standard InChI is InChI=1S/C11H22N2O3/c1-9(13(2)5-6-14)11(15)12-8-10-4-3-7-16-10/h9-10,14H,3-8H2,1-2H3,(H,12,15). The first-order valence-corrected chi connectivity index (χ1v) is 5.85. The van der Waals surface area contributed by atoms with Crippen molar-refractivity contribution >= 4 is 5.91 Å². The maximum absolute atomic E-state index is 11.7. The van der Waals surface area contributed by atoms with Crippen LogP contribution in [0.5, 0.6) is 0 Å². The van der Waals surface area contributed by atoms with Gasteiger partial charge in [0.1, 0.15) is 0 Å². The number of carbonyl (C=O) groups is 1. The molecule has 1 aliphatic heterocycles. The number of hydrogen-bond acceptors (Lipinski definition) is 4. The van der Waals surface area contributed by atoms with Crippen molar-refractivity contribution in [2.45, 2.75) is 31.9 Å². The minimum absolute atomic E-state index is 0.00792. The van der Waals surface area contributed by atoms with Crippen molar-refractivity contribution in [3.63, 3.8) is 0 Å². The Morgan fingerprint density at radius 2 is 2.44 bits per heavy atom. The molecule has 1 amide bonds. The quantitative estimate of drug-likeness (QED) is 0.651. The summed E-state index contributed by atoms with van der Waals surface area (Å²) in [6.45, 7) is 3.81. The van der Waals surface area contributed by atoms with E-state index in [4.69, 9.17) is 9.84 Å². The number of nitrogens with one attached hydrogen (secondary N) is 1. The molecule has 5 heteroatoms. The topological polar surface area (TPSA) is 61.8 Å². The van der Waals surface area contributed by atoms with Crippen LogP contribution in [0.2, 0.25) is 0 Å². The maximum Gasteiger partial charge on any atom is 0.237 e. The van der Waals surface area contributed by atoms with Crippen LogP contribution >= 0.6 is 0 Å². The Morgan fingerprint density at radius 3 is 3.00 bits per heavy atom. The van der Waals surface area contributed by atoms with Crippen LogP contribution in [-0.4, -0.2) is 61.4 Å². The predicted molar refractivity (Wildman–Crippen MR) is 61.2 cm³/mol. The average Bonchev–Trinajstić information content (AvgIpc) is 2.78. The summed E-state index contributed by atoms with van der Waals surface area (Å²) in [5.41, 5.74) is 0. The lowest BCUT2D eigenvalue weighted by molar-refractivity contribution is -0.126. The van der Waals surface area contributed by atoms with Crippen molar-refractivity contribution in [3.05, 3.63) is 0 Å². The summed E-state index contributed by atoms with van der Waals surface area (Å²) in [5, 5.41) is 11.7. The second-order valence-corrected chi connectivity index (χ2v) is 4.26. The van der Waals surface area contributed by atoms with Crippen molar-refractivity contribution in [1.82, 2.24) is 10.2 Å². The molecule has 0 bridgehead atoms. The van der Waals surface area contributed by atoms with Gasteiger partial charge in [0.05, 0.1) is 18.8 Å². The normalized spacial score (nSPS) is 22.4. The predicted octanol–water partition coefficient (Wildman–Crippen LogP) is -0.406. The molecule has 0 aromatic heterocycles. The van der Waals surface area contributed by atoms with E-state index in [1.807, 2.05) is 18.9 Å². The van der Waals surface area contributed by atoms with Crippen LogP contribution in [0.15, 0.2) is 0 Å². The van der Waals surface area contributed by atoms with Crippen LogP contribution in [0.25, 0.3) is 0 Å². The number of hydrogen-bond donors (Lipinski definition) is 2. The Balaban J connectivity index is 2.22. The molecule has 1 heterocycles. The van der Waals surface area contributed by atoms with E-state index in [9.17, 15) is 4.79 Å². The largest absolute Gasteiger partial charge is 0.395 e. The molecule has 2 unspecified atom stereocenters. The molecule has 1 fully saturated rings. The first-order chi connectivity index (χ1) is 7.65. The number of likely N-dealkylation sites (N-methyl/N-ethyl adjacent to an activating group) is 1. The highest BCUT2D eigenvalue weighted by molar-refractivity contribution is 5.81. The molecule has 0 spiro atoms. The van der Waals surface area contributed by atoms with E-state index in [-0.39, 0.29) is 24.7 Å². The molecule has 1 saturated heterocycles. The highest BCUT2D eigenvalue weighted by atomic mass is 16.5. The Morgan fingerprint density at radius 1 is 1.69 bits per heavy atom. The van der Waals surface area contributed by atoms with E-state index in [1.54, 1.807) is 0 Å². The van der Waals surface area contributed by atoms with Crippen LogP contribution in [-0.2, 0) is 9.53 Å². The lowest BCUT2D eigenvalue weighted by atomic mass is 10.2. The number of aliphatic hydroxyl groups is 1. The lowest BCUT2D eigenvalue weighted by Gasteiger charge is -2.23. The number of amides is 1. The molecule has 0 aliphatic carbocycles. The molecule has 0 radical (unpaired) electrons. The van der Waals surface area contributed by atoms with Crippen molar-refractivity contribution in [3.8, 4) is 0 Å². The summed E-state index contributed by atoms with van der Waals surface area (Å²) in [5.74, 6) is -0.00792. The minimum Gasteiger partial charge on any atom is -0.395 e. The third-order valence-corrected chi connectivity index (χ3v) is 3.02. The minimum atomic E-state index is -0.214. The zero-order chi connectivity index (χ0) is 12.0. The second kappa shape index (κ2) is 6.83. The van der Waals surface area contributed by atoms with Gasteiger partial charge in [-0.05, 0) is 26.8 Å². The van der Waals surface area contributed by atoms with E-state index in [1.165, 1.54) is 0 Å². The van der Waals surface area contributed by atoms with Crippen molar-refractivity contribution < 1.29 is 14.6 Å². The van der Waals surface area contributed by atoms with Gasteiger partial charge in [-0.15, -0.1) is 0 Å². The van der Waals surface area contributed by atoms with E-state index in [2.05, 4.69) is 5.32 Å². The zero-order valence-corrected chi connectivity index (χ0v) is 10.1. The fraction of sp³-hybridized carbons (Fsp3) is 0.909. The molecule has 16 heavy (non-hydrogen) atoms. The van der Waals surface area contributed by atoms with Gasteiger partial charge >= 0.3 is 0 Å². The summed E-state index contributed by atoms with van der Waals surface area (Å²) < 4.78 is 5.42. The Hall–Kier alpha value is -0.650. The molecule has 2 N–H and O–H groups in total. The molecular weight excluding hydrogens is 208 g/mol. The molecule has 2 atom stereocenters. The molecule has 0 saturated carbocycles. The highest BCUT2D eigenvalue weighted by Crippen LogP contribution is 2.10. The molecule has 1 aliphatic rings. The molecule has 0 aromatic rings. The molecule has 1 rings (SSSR count). The number of rotatable bonds is 6. The third kappa shape index (κ3) is 4.08. The van der Waals surface area contributed by atoms with E-state index < -0.39 is 0 Å². The van der Waals surface area contributed by atoms with Gasteiger partial charge in [0, 0.05) is 19.7 Å². The van der Waals surface area contributed by atoms with Gasteiger partial charge in [0.15, 0.2) is 0 Å². The van der Waals surface area contributed by atoms with E-state index >= 15 is 0 Å². The summed E-state index contributed by atoms with van der Waals surface area (Å²) in [7, 11) is 1.83. The van der Waals surface area contributed by atoms with Gasteiger partial charge in [-0.2, -0.15) is 0 Å². The first kappa shape index (κ1) is 13.4. The van der Waals surface area contributed by atoms with Gasteiger partial charge in [-0.1, -0.05) is 0 Å². The molecule has 0 aromatic carbocycles. The van der Waals surface area contributed by atoms with E-state index in [0.717, 1.165) is 19.4 Å². The molecule has 5 nitrogen and oxygen atoms in total. The third-order valence-electron chi connectivity index (χ3n) is 3.02. The summed E-state index contributed by atoms with van der Waals surface area (Å²) in [6.07, 6.45) is 2.29. The van der Waals surface area contributed by atoms with Gasteiger partial charge in [0.2, 0.25) is 5.91 Å². The summed E-state index contributed by atoms with van der Waals surface area (Å²) in [6, 6.07) is -0.214. The lowest BCUT2D eigenvalue weighted by Crippen LogP contribution is -2.46.